The number of anilines is 1. The van der Waals surface area contributed by atoms with Gasteiger partial charge in [0.05, 0.1) is 10.6 Å². The Morgan fingerprint density at radius 2 is 1.97 bits per heavy atom. The number of ether oxygens (including phenoxy) is 2. The molecule has 2 aromatic carbocycles. The Labute approximate surface area is 185 Å². The fourth-order valence-electron chi connectivity index (χ4n) is 3.34. The number of thiazole rings is 1. The Morgan fingerprint density at radius 3 is 2.68 bits per heavy atom. The smallest absolute Gasteiger partial charge is 0.264 e. The Hall–Kier alpha value is -2.91. The Bertz CT molecular complexity index is 1230. The molecule has 0 aliphatic carbocycles. The zero-order valence-corrected chi connectivity index (χ0v) is 19.0. The first kappa shape index (κ1) is 21.3. The van der Waals surface area contributed by atoms with Gasteiger partial charge >= 0.3 is 0 Å². The Morgan fingerprint density at radius 1 is 1.23 bits per heavy atom. The van der Waals surface area contributed by atoms with Gasteiger partial charge in [-0.3, -0.25) is 10.1 Å². The summed E-state index contributed by atoms with van der Waals surface area (Å²) < 4.78 is 34.8. The molecule has 9 heteroatoms. The van der Waals surface area contributed by atoms with E-state index in [1.54, 1.807) is 23.6 Å². The molecule has 7 nitrogen and oxygen atoms in total. The first-order chi connectivity index (χ1) is 14.6. The molecule has 0 unspecified atom stereocenters. The van der Waals surface area contributed by atoms with Crippen LogP contribution in [-0.4, -0.2) is 37.8 Å². The van der Waals surface area contributed by atoms with Crippen molar-refractivity contribution in [1.29, 1.82) is 0 Å². The predicted octanol–water partition coefficient (Wildman–Crippen LogP) is 3.94. The lowest BCUT2D eigenvalue weighted by Gasteiger charge is -2.18. The van der Waals surface area contributed by atoms with Crippen LogP contribution in [0.3, 0.4) is 0 Å². The van der Waals surface area contributed by atoms with Crippen LogP contribution in [0, 0.1) is 0 Å². The van der Waals surface area contributed by atoms with Gasteiger partial charge in [0, 0.05) is 29.2 Å². The lowest BCUT2D eigenvalue weighted by Crippen LogP contribution is -2.25. The molecule has 0 bridgehead atoms. The van der Waals surface area contributed by atoms with Crippen molar-refractivity contribution in [3.63, 3.8) is 0 Å². The number of carbonyl (C=O) groups excluding carboxylic acids is 1. The molecule has 1 aliphatic rings. The van der Waals surface area contributed by atoms with Crippen molar-refractivity contribution in [1.82, 2.24) is 4.98 Å². The molecule has 0 radical (unpaired) electrons. The molecule has 3 aromatic rings. The highest BCUT2D eigenvalue weighted by atomic mass is 32.2. The van der Waals surface area contributed by atoms with Crippen molar-refractivity contribution in [2.24, 2.45) is 0 Å². The van der Waals surface area contributed by atoms with Gasteiger partial charge in [0.2, 0.25) is 0 Å². The highest BCUT2D eigenvalue weighted by Crippen LogP contribution is 2.41. The van der Waals surface area contributed by atoms with E-state index in [0.29, 0.717) is 22.3 Å². The number of hydrogen-bond acceptors (Lipinski definition) is 7. The number of nitrogens with zero attached hydrogens (tertiary/aromatic N) is 1. The van der Waals surface area contributed by atoms with Crippen LogP contribution in [0.5, 0.6) is 11.5 Å². The minimum Gasteiger partial charge on any atom is -0.483 e. The molecule has 0 spiro atoms. The molecule has 1 N–H and O–H groups in total. The van der Waals surface area contributed by atoms with Crippen LogP contribution in [0.4, 0.5) is 5.13 Å². The molecule has 2 heterocycles. The summed E-state index contributed by atoms with van der Waals surface area (Å²) in [4.78, 5) is 17.0. The average Bonchev–Trinajstić information content (AvgIpc) is 3.28. The van der Waals surface area contributed by atoms with Crippen LogP contribution >= 0.6 is 11.3 Å². The van der Waals surface area contributed by atoms with Crippen LogP contribution < -0.4 is 14.8 Å². The molecule has 1 aromatic heterocycles. The number of benzene rings is 2. The molecule has 4 rings (SSSR count). The summed E-state index contributed by atoms with van der Waals surface area (Å²) in [5.41, 5.74) is 2.19. The van der Waals surface area contributed by atoms with Gasteiger partial charge in [-0.05, 0) is 32.0 Å². The highest BCUT2D eigenvalue weighted by Gasteiger charge is 2.32. The number of nitrogens with one attached hydrogen (secondary N) is 1. The lowest BCUT2D eigenvalue weighted by molar-refractivity contribution is -0.118. The largest absolute Gasteiger partial charge is 0.483 e. The number of sulfone groups is 1. The fourth-order valence-corrected chi connectivity index (χ4v) is 4.70. The normalized spacial score (nSPS) is 14.5. The highest BCUT2D eigenvalue weighted by molar-refractivity contribution is 7.90. The fraction of sp³-hybridized carbons (Fsp3) is 0.273. The van der Waals surface area contributed by atoms with Crippen LogP contribution in [0.2, 0.25) is 0 Å². The van der Waals surface area contributed by atoms with E-state index in [9.17, 15) is 13.2 Å². The van der Waals surface area contributed by atoms with E-state index in [-0.39, 0.29) is 23.0 Å². The van der Waals surface area contributed by atoms with Crippen molar-refractivity contribution in [3.05, 3.63) is 53.4 Å². The first-order valence-electron chi connectivity index (χ1n) is 9.60. The molecule has 0 atom stereocenters. The first-order valence-corrected chi connectivity index (χ1v) is 12.4. The van der Waals surface area contributed by atoms with Gasteiger partial charge in [-0.1, -0.05) is 24.3 Å². The Kier molecular flexibility index (Phi) is 5.49. The van der Waals surface area contributed by atoms with Crippen molar-refractivity contribution in [2.45, 2.75) is 30.8 Å². The molecule has 31 heavy (non-hydrogen) atoms. The quantitative estimate of drug-likeness (QED) is 0.601. The molecule has 162 valence electrons. The van der Waals surface area contributed by atoms with Gasteiger partial charge < -0.3 is 9.47 Å². The van der Waals surface area contributed by atoms with E-state index in [4.69, 9.17) is 9.47 Å². The number of rotatable bonds is 6. The van der Waals surface area contributed by atoms with E-state index in [1.807, 2.05) is 26.0 Å². The van der Waals surface area contributed by atoms with Crippen LogP contribution in [-0.2, 0) is 21.1 Å². The topological polar surface area (TPSA) is 94.6 Å². The molecular weight excluding hydrogens is 436 g/mol. The van der Waals surface area contributed by atoms with Gasteiger partial charge in [-0.2, -0.15) is 0 Å². The third-order valence-electron chi connectivity index (χ3n) is 4.74. The third-order valence-corrected chi connectivity index (χ3v) is 6.63. The third kappa shape index (κ3) is 4.88. The number of fused-ring (bicyclic) bond motifs is 1. The van der Waals surface area contributed by atoms with E-state index >= 15 is 0 Å². The van der Waals surface area contributed by atoms with E-state index in [2.05, 4.69) is 10.3 Å². The van der Waals surface area contributed by atoms with Gasteiger partial charge in [-0.15, -0.1) is 11.3 Å². The molecule has 1 amide bonds. The summed E-state index contributed by atoms with van der Waals surface area (Å²) in [6.45, 7) is 3.86. The van der Waals surface area contributed by atoms with Crippen molar-refractivity contribution >= 4 is 32.2 Å². The predicted molar refractivity (Wildman–Crippen MR) is 120 cm³/mol. The van der Waals surface area contributed by atoms with Crippen LogP contribution in [0.1, 0.15) is 19.4 Å². The van der Waals surface area contributed by atoms with Crippen LogP contribution in [0.15, 0.2) is 52.7 Å². The summed E-state index contributed by atoms with van der Waals surface area (Å²) in [5, 5.41) is 4.96. The zero-order chi connectivity index (χ0) is 22.2. The SMILES string of the molecule is CC1(C)Cc2cccc(OCC(=O)Nc3nc(-c4ccc(S(C)(=O)=O)cc4)cs3)c2O1. The molecule has 1 aliphatic heterocycles. The summed E-state index contributed by atoms with van der Waals surface area (Å²) in [7, 11) is -3.25. The van der Waals surface area contributed by atoms with Gasteiger partial charge in [0.1, 0.15) is 5.60 Å². The number of carbonyl (C=O) groups is 1. The van der Waals surface area contributed by atoms with Gasteiger partial charge in [0.15, 0.2) is 33.1 Å². The number of amides is 1. The molecule has 0 saturated heterocycles. The second-order valence-electron chi connectivity index (χ2n) is 7.95. The second kappa shape index (κ2) is 7.97. The van der Waals surface area contributed by atoms with E-state index in [0.717, 1.165) is 23.8 Å². The molecule has 0 saturated carbocycles. The average molecular weight is 459 g/mol. The zero-order valence-electron chi connectivity index (χ0n) is 17.3. The van der Waals surface area contributed by atoms with Crippen molar-refractivity contribution in [3.8, 4) is 22.8 Å². The summed E-state index contributed by atoms with van der Waals surface area (Å²) in [5.74, 6) is 0.904. The Balaban J connectivity index is 1.38. The second-order valence-corrected chi connectivity index (χ2v) is 10.8. The summed E-state index contributed by atoms with van der Waals surface area (Å²) >= 11 is 1.28. The van der Waals surface area contributed by atoms with Crippen molar-refractivity contribution in [2.75, 3.05) is 18.2 Å². The minimum atomic E-state index is -3.25. The summed E-state index contributed by atoms with van der Waals surface area (Å²) in [6, 6.07) is 12.1. The van der Waals surface area contributed by atoms with Gasteiger partial charge in [0.25, 0.3) is 5.91 Å². The molecule has 0 fully saturated rings. The van der Waals surface area contributed by atoms with Gasteiger partial charge in [-0.25, -0.2) is 13.4 Å². The summed E-state index contributed by atoms with van der Waals surface area (Å²) in [6.07, 6.45) is 1.95. The van der Waals surface area contributed by atoms with E-state index < -0.39 is 9.84 Å². The minimum absolute atomic E-state index is 0.168. The van der Waals surface area contributed by atoms with E-state index in [1.165, 1.54) is 23.5 Å². The maximum atomic E-state index is 12.3. The number of para-hydroxylation sites is 1. The number of aromatic nitrogens is 1. The van der Waals surface area contributed by atoms with Crippen molar-refractivity contribution < 1.29 is 22.7 Å². The van der Waals surface area contributed by atoms with Crippen LogP contribution in [0.25, 0.3) is 11.3 Å². The monoisotopic (exact) mass is 458 g/mol. The standard InChI is InChI=1S/C22H22N2O5S2/c1-22(2)11-15-5-4-6-18(20(15)29-22)28-12-19(25)24-21-23-17(13-30-21)14-7-9-16(10-8-14)31(3,26)27/h4-10,13H,11-12H2,1-3H3,(H,23,24,25). The maximum absolute atomic E-state index is 12.3. The molecular formula is C22H22N2O5S2. The lowest BCUT2D eigenvalue weighted by atomic mass is 10.0. The maximum Gasteiger partial charge on any atom is 0.264 e. The number of hydrogen-bond donors (Lipinski definition) is 1.